The van der Waals surface area contributed by atoms with Crippen LogP contribution in [0.5, 0.6) is 11.5 Å². The van der Waals surface area contributed by atoms with Crippen LogP contribution in [0.2, 0.25) is 0 Å². The molecular formula is C29H41N3O9S. The maximum atomic E-state index is 12.9. The van der Waals surface area contributed by atoms with Crippen LogP contribution in [-0.4, -0.2) is 70.4 Å². The molecule has 0 heterocycles. The second-order valence-electron chi connectivity index (χ2n) is 11.2. The number of carbonyl (C=O) groups excluding carboxylic acids is 3. The second-order valence-corrected chi connectivity index (χ2v) is 12.9. The summed E-state index contributed by atoms with van der Waals surface area (Å²) in [6, 6.07) is 10.7. The Morgan fingerprint density at radius 3 is 2.10 bits per heavy atom. The maximum Gasteiger partial charge on any atom is 0.407 e. The van der Waals surface area contributed by atoms with Gasteiger partial charge in [0.15, 0.2) is 11.5 Å². The fourth-order valence-corrected chi connectivity index (χ4v) is 4.59. The molecule has 0 fully saturated rings. The Bertz CT molecular complexity index is 1320. The summed E-state index contributed by atoms with van der Waals surface area (Å²) in [6.07, 6.45) is -0.0209. The number of hydrogen-bond donors (Lipinski definition) is 3. The van der Waals surface area contributed by atoms with E-state index in [4.69, 9.17) is 18.9 Å². The molecule has 0 aliphatic carbocycles. The van der Waals surface area contributed by atoms with Crippen molar-refractivity contribution in [3.63, 3.8) is 0 Å². The topological polar surface area (TPSA) is 158 Å². The van der Waals surface area contributed by atoms with E-state index in [1.165, 1.54) is 31.4 Å². The van der Waals surface area contributed by atoms with Gasteiger partial charge < -0.3 is 29.6 Å². The van der Waals surface area contributed by atoms with Crippen molar-refractivity contribution in [2.24, 2.45) is 0 Å². The normalized spacial score (nSPS) is 12.5. The molecule has 2 aromatic carbocycles. The summed E-state index contributed by atoms with van der Waals surface area (Å²) in [7, 11) is -2.66. The number of hydrogen-bond acceptors (Lipinski definition) is 9. The van der Waals surface area contributed by atoms with Gasteiger partial charge in [0.2, 0.25) is 10.0 Å². The number of sulfonamides is 1. The van der Waals surface area contributed by atoms with Crippen molar-refractivity contribution >= 4 is 28.0 Å². The highest BCUT2D eigenvalue weighted by Gasteiger charge is 2.30. The van der Waals surface area contributed by atoms with Gasteiger partial charge in [-0.3, -0.25) is 9.59 Å². The van der Waals surface area contributed by atoms with E-state index >= 15 is 0 Å². The quantitative estimate of drug-likeness (QED) is 0.229. The lowest BCUT2D eigenvalue weighted by Crippen LogP contribution is -2.50. The Labute approximate surface area is 247 Å². The number of benzene rings is 2. The summed E-state index contributed by atoms with van der Waals surface area (Å²) in [5.74, 6) is -0.747. The van der Waals surface area contributed by atoms with Crippen molar-refractivity contribution in [3.8, 4) is 11.5 Å². The fourth-order valence-electron chi connectivity index (χ4n) is 3.38. The summed E-state index contributed by atoms with van der Waals surface area (Å²) in [5.41, 5.74) is -1.28. The first-order chi connectivity index (χ1) is 19.5. The average Bonchev–Trinajstić information content (AvgIpc) is 2.89. The van der Waals surface area contributed by atoms with Gasteiger partial charge in [0.1, 0.15) is 17.2 Å². The monoisotopic (exact) mass is 607 g/mol. The van der Waals surface area contributed by atoms with Crippen LogP contribution in [0.1, 0.15) is 58.3 Å². The molecular weight excluding hydrogens is 566 g/mol. The van der Waals surface area contributed by atoms with Gasteiger partial charge in [-0.15, -0.1) is 0 Å². The Morgan fingerprint density at radius 1 is 0.857 bits per heavy atom. The summed E-state index contributed by atoms with van der Waals surface area (Å²) < 4.78 is 49.7. The lowest BCUT2D eigenvalue weighted by Gasteiger charge is -2.24. The predicted molar refractivity (Wildman–Crippen MR) is 156 cm³/mol. The summed E-state index contributed by atoms with van der Waals surface area (Å²) in [5, 5.41) is 5.23. The Balaban J connectivity index is 2.03. The van der Waals surface area contributed by atoms with Crippen molar-refractivity contribution in [1.29, 1.82) is 0 Å². The van der Waals surface area contributed by atoms with Crippen LogP contribution in [0, 0.1) is 0 Å². The number of esters is 1. The van der Waals surface area contributed by atoms with E-state index in [0.717, 1.165) is 0 Å². The maximum absolute atomic E-state index is 12.9. The molecule has 2 aromatic rings. The van der Waals surface area contributed by atoms with Gasteiger partial charge in [-0.05, 0) is 78.3 Å². The van der Waals surface area contributed by atoms with Crippen LogP contribution in [0.3, 0.4) is 0 Å². The molecule has 42 heavy (non-hydrogen) atoms. The molecule has 2 amide bonds. The van der Waals surface area contributed by atoms with Crippen LogP contribution < -0.4 is 24.8 Å². The third-order valence-corrected chi connectivity index (χ3v) is 6.67. The van der Waals surface area contributed by atoms with Crippen molar-refractivity contribution in [3.05, 3.63) is 54.1 Å². The Hall–Kier alpha value is -3.84. The smallest absolute Gasteiger partial charge is 0.407 e. The van der Waals surface area contributed by atoms with E-state index in [1.807, 2.05) is 0 Å². The van der Waals surface area contributed by atoms with Gasteiger partial charge in [0, 0.05) is 18.7 Å². The van der Waals surface area contributed by atoms with Gasteiger partial charge in [0.25, 0.3) is 5.91 Å². The number of amides is 2. The highest BCUT2D eigenvalue weighted by molar-refractivity contribution is 7.89. The molecule has 0 spiro atoms. The summed E-state index contributed by atoms with van der Waals surface area (Å²) in [4.78, 5) is 37.5. The standard InChI is InChI=1S/C29H41N3O9S/c1-28(2,3)40-26(34)22(32-42(36,37)21-12-9-8-10-13-21)19-31-25(33)20-14-15-23(24(18-20)38-7)39-17-11-16-30-27(35)41-29(4,5)6/h8-10,12-15,18,22,32H,11,16-17,19H2,1-7H3,(H,30,35)(H,31,33)/t22-/m0/s1. The van der Waals surface area contributed by atoms with Crippen molar-refractivity contribution in [2.75, 3.05) is 26.8 Å². The largest absolute Gasteiger partial charge is 0.493 e. The minimum atomic E-state index is -4.08. The lowest BCUT2D eigenvalue weighted by atomic mass is 10.1. The van der Waals surface area contributed by atoms with Crippen LogP contribution in [0.15, 0.2) is 53.4 Å². The number of ether oxygens (including phenoxy) is 4. The molecule has 2 rings (SSSR count). The van der Waals surface area contributed by atoms with Gasteiger partial charge in [0.05, 0.1) is 18.6 Å². The first-order valence-corrected chi connectivity index (χ1v) is 14.9. The second kappa shape index (κ2) is 14.9. The summed E-state index contributed by atoms with van der Waals surface area (Å²) >= 11 is 0. The van der Waals surface area contributed by atoms with E-state index in [0.29, 0.717) is 18.7 Å². The number of carbonyl (C=O) groups is 3. The number of alkyl carbamates (subject to hydrolysis) is 1. The molecule has 0 unspecified atom stereocenters. The van der Waals surface area contributed by atoms with Crippen LogP contribution >= 0.6 is 0 Å². The molecule has 3 N–H and O–H groups in total. The van der Waals surface area contributed by atoms with E-state index in [2.05, 4.69) is 15.4 Å². The molecule has 0 bridgehead atoms. The van der Waals surface area contributed by atoms with E-state index in [-0.39, 0.29) is 29.4 Å². The highest BCUT2D eigenvalue weighted by atomic mass is 32.2. The first-order valence-electron chi connectivity index (χ1n) is 13.4. The van der Waals surface area contributed by atoms with E-state index < -0.39 is 45.2 Å². The number of rotatable bonds is 13. The predicted octanol–water partition coefficient (Wildman–Crippen LogP) is 3.41. The number of nitrogens with one attached hydrogen (secondary N) is 3. The van der Waals surface area contributed by atoms with Gasteiger partial charge in [-0.25, -0.2) is 13.2 Å². The third-order valence-electron chi connectivity index (χ3n) is 5.18. The molecule has 0 saturated heterocycles. The van der Waals surface area contributed by atoms with Gasteiger partial charge >= 0.3 is 12.1 Å². The van der Waals surface area contributed by atoms with Gasteiger partial charge in [-0.1, -0.05) is 18.2 Å². The zero-order valence-corrected chi connectivity index (χ0v) is 25.9. The van der Waals surface area contributed by atoms with E-state index in [9.17, 15) is 22.8 Å². The molecule has 12 nitrogen and oxygen atoms in total. The minimum absolute atomic E-state index is 0.0363. The van der Waals surface area contributed by atoms with E-state index in [1.54, 1.807) is 65.8 Å². The van der Waals surface area contributed by atoms with Crippen molar-refractivity contribution in [1.82, 2.24) is 15.4 Å². The zero-order chi connectivity index (χ0) is 31.6. The van der Waals surface area contributed by atoms with Crippen molar-refractivity contribution < 1.29 is 41.7 Å². The lowest BCUT2D eigenvalue weighted by molar-refractivity contribution is -0.156. The van der Waals surface area contributed by atoms with Gasteiger partial charge in [-0.2, -0.15) is 4.72 Å². The molecule has 232 valence electrons. The Morgan fingerprint density at radius 2 is 1.50 bits per heavy atom. The van der Waals surface area contributed by atoms with Crippen LogP contribution in [0.4, 0.5) is 4.79 Å². The molecule has 13 heteroatoms. The Kier molecular flexibility index (Phi) is 12.2. The highest BCUT2D eigenvalue weighted by Crippen LogP contribution is 2.28. The fraction of sp³-hybridized carbons (Fsp3) is 0.483. The van der Waals surface area contributed by atoms with Crippen LogP contribution in [0.25, 0.3) is 0 Å². The molecule has 0 saturated carbocycles. The molecule has 0 aromatic heterocycles. The third kappa shape index (κ3) is 12.0. The molecule has 0 radical (unpaired) electrons. The zero-order valence-electron chi connectivity index (χ0n) is 25.1. The molecule has 1 atom stereocenters. The van der Waals surface area contributed by atoms with Crippen molar-refractivity contribution in [2.45, 2.75) is 70.1 Å². The molecule has 0 aliphatic rings. The average molecular weight is 608 g/mol. The van der Waals surface area contributed by atoms with Crippen LogP contribution in [-0.2, 0) is 24.3 Å². The number of methoxy groups -OCH3 is 1. The SMILES string of the molecule is COc1cc(C(=O)NC[C@H](NS(=O)(=O)c2ccccc2)C(=O)OC(C)(C)C)ccc1OCCCNC(=O)OC(C)(C)C. The summed E-state index contributed by atoms with van der Waals surface area (Å²) in [6.45, 7) is 10.5. The molecule has 0 aliphatic heterocycles. The first kappa shape index (κ1) is 34.4. The minimum Gasteiger partial charge on any atom is -0.493 e.